The van der Waals surface area contributed by atoms with E-state index in [1.165, 1.54) is 0 Å². The fourth-order valence-electron chi connectivity index (χ4n) is 2.32. The molecule has 0 atom stereocenters. The van der Waals surface area contributed by atoms with Crippen molar-refractivity contribution < 1.29 is 4.52 Å². The minimum absolute atomic E-state index is 0.0883. The topological polar surface area (TPSA) is 38.9 Å². The summed E-state index contributed by atoms with van der Waals surface area (Å²) in [5, 5.41) is 5.13. The number of aryl methyl sites for hydroxylation is 1. The molecule has 3 heteroatoms. The average Bonchev–Trinajstić information content (AvgIpc) is 2.79. The van der Waals surface area contributed by atoms with Gasteiger partial charge in [0.2, 0.25) is 0 Å². The minimum atomic E-state index is -0.0883. The molecular weight excluding hydrogens is 248 g/mol. The third-order valence-corrected chi connectivity index (χ3v) is 3.42. The Balaban J connectivity index is 2.33. The van der Waals surface area contributed by atoms with Gasteiger partial charge in [0.15, 0.2) is 5.58 Å². The number of fused-ring (bicyclic) bond motifs is 1. The number of hydrogen-bond donors (Lipinski definition) is 0. The zero-order chi connectivity index (χ0) is 14.3. The van der Waals surface area contributed by atoms with E-state index < -0.39 is 0 Å². The SMILES string of the molecule is Cc1noc2c(C(C)(C)C)nc(-c3ccccc3)cc12. The normalized spacial score (nSPS) is 12.0. The van der Waals surface area contributed by atoms with Gasteiger partial charge in [0.1, 0.15) is 0 Å². The molecule has 0 aliphatic rings. The summed E-state index contributed by atoms with van der Waals surface area (Å²) in [5.74, 6) is 0. The Hall–Kier alpha value is -2.16. The lowest BCUT2D eigenvalue weighted by atomic mass is 9.90. The highest BCUT2D eigenvalue weighted by Crippen LogP contribution is 2.33. The van der Waals surface area contributed by atoms with Crippen molar-refractivity contribution in [3.63, 3.8) is 0 Å². The van der Waals surface area contributed by atoms with Gasteiger partial charge in [-0.05, 0) is 13.0 Å². The van der Waals surface area contributed by atoms with Crippen molar-refractivity contribution in [1.29, 1.82) is 0 Å². The molecule has 3 rings (SSSR count). The lowest BCUT2D eigenvalue weighted by molar-refractivity contribution is 0.437. The molecular formula is C17H18N2O. The summed E-state index contributed by atoms with van der Waals surface area (Å²) < 4.78 is 5.48. The van der Waals surface area contributed by atoms with Crippen molar-refractivity contribution >= 4 is 11.0 Å². The number of pyridine rings is 1. The Morgan fingerprint density at radius 3 is 2.40 bits per heavy atom. The maximum Gasteiger partial charge on any atom is 0.189 e. The van der Waals surface area contributed by atoms with Crippen LogP contribution in [0.25, 0.3) is 22.2 Å². The van der Waals surface area contributed by atoms with Gasteiger partial charge in [-0.3, -0.25) is 0 Å². The molecule has 0 N–H and O–H groups in total. The van der Waals surface area contributed by atoms with Gasteiger partial charge >= 0.3 is 0 Å². The van der Waals surface area contributed by atoms with Crippen LogP contribution < -0.4 is 0 Å². The summed E-state index contributed by atoms with van der Waals surface area (Å²) in [7, 11) is 0. The van der Waals surface area contributed by atoms with Crippen LogP contribution in [0.2, 0.25) is 0 Å². The first kappa shape index (κ1) is 12.9. The van der Waals surface area contributed by atoms with E-state index in [9.17, 15) is 0 Å². The summed E-state index contributed by atoms with van der Waals surface area (Å²) in [5.41, 5.74) is 4.65. The first-order valence-corrected chi connectivity index (χ1v) is 6.80. The molecule has 0 aliphatic carbocycles. The van der Waals surface area contributed by atoms with Crippen LogP contribution in [0.4, 0.5) is 0 Å². The van der Waals surface area contributed by atoms with E-state index in [1.54, 1.807) is 0 Å². The summed E-state index contributed by atoms with van der Waals surface area (Å²) in [4.78, 5) is 4.82. The van der Waals surface area contributed by atoms with Crippen LogP contribution in [0.1, 0.15) is 32.2 Å². The molecule has 0 amide bonds. The van der Waals surface area contributed by atoms with Gasteiger partial charge in [0.05, 0.1) is 17.1 Å². The van der Waals surface area contributed by atoms with E-state index in [1.807, 2.05) is 25.1 Å². The molecule has 0 radical (unpaired) electrons. The van der Waals surface area contributed by atoms with E-state index in [2.05, 4.69) is 44.1 Å². The molecule has 3 nitrogen and oxygen atoms in total. The van der Waals surface area contributed by atoms with Gasteiger partial charge < -0.3 is 4.52 Å². The third-order valence-electron chi connectivity index (χ3n) is 3.42. The second-order valence-electron chi connectivity index (χ2n) is 6.12. The van der Waals surface area contributed by atoms with E-state index in [0.29, 0.717) is 0 Å². The number of aromatic nitrogens is 2. The molecule has 0 spiro atoms. The lowest BCUT2D eigenvalue weighted by Gasteiger charge is -2.18. The smallest absolute Gasteiger partial charge is 0.189 e. The van der Waals surface area contributed by atoms with Crippen LogP contribution in [-0.4, -0.2) is 10.1 Å². The Bertz CT molecular complexity index is 752. The fraction of sp³-hybridized carbons (Fsp3) is 0.294. The van der Waals surface area contributed by atoms with E-state index in [0.717, 1.165) is 33.6 Å². The maximum absolute atomic E-state index is 5.48. The highest BCUT2D eigenvalue weighted by Gasteiger charge is 2.24. The lowest BCUT2D eigenvalue weighted by Crippen LogP contribution is -2.14. The quantitative estimate of drug-likeness (QED) is 0.651. The molecule has 2 heterocycles. The molecule has 0 saturated heterocycles. The summed E-state index contributed by atoms with van der Waals surface area (Å²) in [6.07, 6.45) is 0. The predicted molar refractivity (Wildman–Crippen MR) is 80.7 cm³/mol. The Morgan fingerprint density at radius 1 is 1.05 bits per heavy atom. The second-order valence-corrected chi connectivity index (χ2v) is 6.12. The van der Waals surface area contributed by atoms with Crippen molar-refractivity contribution in [2.45, 2.75) is 33.1 Å². The zero-order valence-electron chi connectivity index (χ0n) is 12.3. The molecule has 0 saturated carbocycles. The second kappa shape index (κ2) is 4.44. The monoisotopic (exact) mass is 266 g/mol. The summed E-state index contributed by atoms with van der Waals surface area (Å²) in [6.45, 7) is 8.39. The Labute approximate surface area is 118 Å². The summed E-state index contributed by atoms with van der Waals surface area (Å²) in [6, 6.07) is 12.3. The molecule has 0 unspecified atom stereocenters. The maximum atomic E-state index is 5.48. The van der Waals surface area contributed by atoms with Crippen molar-refractivity contribution in [3.8, 4) is 11.3 Å². The van der Waals surface area contributed by atoms with Gasteiger partial charge in [0.25, 0.3) is 0 Å². The van der Waals surface area contributed by atoms with Crippen LogP contribution in [0.15, 0.2) is 40.9 Å². The molecule has 0 fully saturated rings. The standard InChI is InChI=1S/C17H18N2O/c1-11-13-10-14(12-8-6-5-7-9-12)18-16(17(2,3)4)15(13)20-19-11/h5-10H,1-4H3. The van der Waals surface area contributed by atoms with Crippen molar-refractivity contribution in [1.82, 2.24) is 10.1 Å². The van der Waals surface area contributed by atoms with Gasteiger partial charge in [-0.1, -0.05) is 56.3 Å². The predicted octanol–water partition coefficient (Wildman–Crippen LogP) is 4.50. The van der Waals surface area contributed by atoms with E-state index >= 15 is 0 Å². The van der Waals surface area contributed by atoms with E-state index in [-0.39, 0.29) is 5.41 Å². The zero-order valence-corrected chi connectivity index (χ0v) is 12.3. The number of nitrogens with zero attached hydrogens (tertiary/aromatic N) is 2. The molecule has 0 bridgehead atoms. The highest BCUT2D eigenvalue weighted by atomic mass is 16.5. The molecule has 1 aromatic carbocycles. The van der Waals surface area contributed by atoms with Crippen LogP contribution in [0.3, 0.4) is 0 Å². The molecule has 0 aliphatic heterocycles. The molecule has 102 valence electrons. The van der Waals surface area contributed by atoms with Crippen LogP contribution in [-0.2, 0) is 5.41 Å². The first-order valence-electron chi connectivity index (χ1n) is 6.80. The Kier molecular flexibility index (Phi) is 2.85. The van der Waals surface area contributed by atoms with Crippen molar-refractivity contribution in [2.75, 3.05) is 0 Å². The molecule has 20 heavy (non-hydrogen) atoms. The summed E-state index contributed by atoms with van der Waals surface area (Å²) >= 11 is 0. The van der Waals surface area contributed by atoms with Crippen LogP contribution >= 0.6 is 0 Å². The third kappa shape index (κ3) is 2.09. The van der Waals surface area contributed by atoms with Gasteiger partial charge in [-0.25, -0.2) is 4.98 Å². The van der Waals surface area contributed by atoms with E-state index in [4.69, 9.17) is 9.51 Å². The highest BCUT2D eigenvalue weighted by molar-refractivity contribution is 5.85. The van der Waals surface area contributed by atoms with Crippen LogP contribution in [0, 0.1) is 6.92 Å². The number of benzene rings is 1. The first-order chi connectivity index (χ1) is 9.47. The van der Waals surface area contributed by atoms with Gasteiger partial charge in [-0.2, -0.15) is 0 Å². The van der Waals surface area contributed by atoms with Gasteiger partial charge in [0, 0.05) is 16.4 Å². The molecule has 3 aromatic rings. The average molecular weight is 266 g/mol. The Morgan fingerprint density at radius 2 is 1.75 bits per heavy atom. The molecule has 2 aromatic heterocycles. The minimum Gasteiger partial charge on any atom is -0.354 e. The van der Waals surface area contributed by atoms with Crippen molar-refractivity contribution in [3.05, 3.63) is 47.8 Å². The van der Waals surface area contributed by atoms with Crippen LogP contribution in [0.5, 0.6) is 0 Å². The number of rotatable bonds is 1. The number of hydrogen-bond acceptors (Lipinski definition) is 3. The fourth-order valence-corrected chi connectivity index (χ4v) is 2.32. The van der Waals surface area contributed by atoms with Crippen molar-refractivity contribution in [2.24, 2.45) is 0 Å². The van der Waals surface area contributed by atoms with Gasteiger partial charge in [-0.15, -0.1) is 0 Å². The largest absolute Gasteiger partial charge is 0.354 e.